The largest absolute Gasteiger partial charge is 0.449 e. The van der Waals surface area contributed by atoms with Gasteiger partial charge >= 0.3 is 5.97 Å². The number of hydrogen-bond donors (Lipinski definition) is 1. The Labute approximate surface area is 144 Å². The predicted octanol–water partition coefficient (Wildman–Crippen LogP) is 1.51. The van der Waals surface area contributed by atoms with E-state index in [9.17, 15) is 18.0 Å². The Morgan fingerprint density at radius 1 is 1.30 bits per heavy atom. The second-order valence-electron chi connectivity index (χ2n) is 4.68. The second kappa shape index (κ2) is 7.89. The monoisotopic (exact) mass is 406 g/mol. The van der Waals surface area contributed by atoms with Gasteiger partial charge < -0.3 is 10.5 Å². The minimum absolute atomic E-state index is 0.00586. The minimum Gasteiger partial charge on any atom is -0.449 e. The molecule has 1 atom stereocenters. The van der Waals surface area contributed by atoms with Crippen LogP contribution in [0.1, 0.15) is 31.1 Å². The molecule has 0 aliphatic carbocycles. The summed E-state index contributed by atoms with van der Waals surface area (Å²) in [4.78, 5) is 23.1. The Bertz CT molecular complexity index is 701. The fraction of sp³-hybridized carbons (Fsp3) is 0.429. The van der Waals surface area contributed by atoms with Gasteiger partial charge in [0.25, 0.3) is 5.91 Å². The summed E-state index contributed by atoms with van der Waals surface area (Å²) >= 11 is 3.17. The molecule has 0 bridgehead atoms. The summed E-state index contributed by atoms with van der Waals surface area (Å²) < 4.78 is 31.5. The zero-order valence-corrected chi connectivity index (χ0v) is 15.5. The molecule has 0 fully saturated rings. The van der Waals surface area contributed by atoms with Crippen LogP contribution in [0.25, 0.3) is 0 Å². The Morgan fingerprint density at radius 3 is 2.35 bits per heavy atom. The van der Waals surface area contributed by atoms with Crippen LogP contribution in [0.5, 0.6) is 0 Å². The number of nitrogens with zero attached hydrogens (tertiary/aromatic N) is 1. The summed E-state index contributed by atoms with van der Waals surface area (Å²) in [5, 5.41) is 0. The molecule has 23 heavy (non-hydrogen) atoms. The van der Waals surface area contributed by atoms with E-state index < -0.39 is 28.0 Å². The number of halogens is 1. The first-order valence-corrected chi connectivity index (χ1v) is 9.18. The van der Waals surface area contributed by atoms with E-state index in [1.54, 1.807) is 13.8 Å². The molecule has 2 N–H and O–H groups in total. The Hall–Kier alpha value is -1.45. The number of esters is 1. The lowest BCUT2D eigenvalue weighted by Gasteiger charge is -2.19. The van der Waals surface area contributed by atoms with Gasteiger partial charge in [0.1, 0.15) is 0 Å². The molecule has 0 aromatic heterocycles. The molecule has 1 amide bonds. The third-order valence-corrected chi connectivity index (χ3v) is 5.92. The van der Waals surface area contributed by atoms with Crippen LogP contribution in [0.4, 0.5) is 0 Å². The molecule has 0 spiro atoms. The first kappa shape index (κ1) is 19.6. The lowest BCUT2D eigenvalue weighted by atomic mass is 10.2. The molecule has 0 unspecified atom stereocenters. The average Bonchev–Trinajstić information content (AvgIpc) is 2.48. The number of benzene rings is 1. The first-order valence-electron chi connectivity index (χ1n) is 6.95. The van der Waals surface area contributed by atoms with Crippen LogP contribution in [0, 0.1) is 0 Å². The highest BCUT2D eigenvalue weighted by Gasteiger charge is 2.25. The molecule has 1 aromatic rings. The summed E-state index contributed by atoms with van der Waals surface area (Å²) in [5.74, 6) is -1.62. The van der Waals surface area contributed by atoms with Gasteiger partial charge in [-0.2, -0.15) is 4.31 Å². The summed E-state index contributed by atoms with van der Waals surface area (Å²) in [6.07, 6.45) is -1.11. The number of carbonyl (C=O) groups is 2. The maximum atomic E-state index is 12.5. The maximum Gasteiger partial charge on any atom is 0.340 e. The van der Waals surface area contributed by atoms with Gasteiger partial charge in [-0.1, -0.05) is 13.8 Å². The van der Waals surface area contributed by atoms with Crippen molar-refractivity contribution in [3.05, 3.63) is 28.2 Å². The van der Waals surface area contributed by atoms with Crippen molar-refractivity contribution in [2.75, 3.05) is 13.1 Å². The summed E-state index contributed by atoms with van der Waals surface area (Å²) in [6, 6.07) is 4.06. The van der Waals surface area contributed by atoms with Gasteiger partial charge in [-0.05, 0) is 41.1 Å². The van der Waals surface area contributed by atoms with Crippen LogP contribution in [0.3, 0.4) is 0 Å². The fourth-order valence-corrected chi connectivity index (χ4v) is 3.71. The normalized spacial score (nSPS) is 12.9. The van der Waals surface area contributed by atoms with Gasteiger partial charge in [0, 0.05) is 17.6 Å². The van der Waals surface area contributed by atoms with Crippen LogP contribution >= 0.6 is 15.9 Å². The smallest absolute Gasteiger partial charge is 0.340 e. The highest BCUT2D eigenvalue weighted by molar-refractivity contribution is 9.10. The van der Waals surface area contributed by atoms with Crippen LogP contribution < -0.4 is 5.73 Å². The summed E-state index contributed by atoms with van der Waals surface area (Å²) in [7, 11) is -3.71. The Kier molecular flexibility index (Phi) is 6.72. The number of hydrogen-bond acceptors (Lipinski definition) is 5. The van der Waals surface area contributed by atoms with Crippen molar-refractivity contribution in [3.8, 4) is 0 Å². The molecule has 9 heteroatoms. The van der Waals surface area contributed by atoms with Crippen molar-refractivity contribution in [2.24, 2.45) is 5.73 Å². The van der Waals surface area contributed by atoms with E-state index in [0.717, 1.165) is 0 Å². The molecule has 0 radical (unpaired) electrons. The van der Waals surface area contributed by atoms with Gasteiger partial charge in [0.15, 0.2) is 6.10 Å². The zero-order valence-electron chi connectivity index (χ0n) is 13.1. The number of nitrogens with two attached hydrogens (primary N) is 1. The number of sulfonamides is 1. The van der Waals surface area contributed by atoms with Crippen LogP contribution in [0.2, 0.25) is 0 Å². The minimum atomic E-state index is -3.71. The Balaban J connectivity index is 3.23. The molecule has 0 aliphatic rings. The van der Waals surface area contributed by atoms with E-state index in [4.69, 9.17) is 10.5 Å². The SMILES string of the molecule is CCN(CC)S(=O)(=O)c1ccc(Br)c(C(=O)O[C@H](C)C(N)=O)c1. The van der Waals surface area contributed by atoms with Gasteiger partial charge in [0.2, 0.25) is 10.0 Å². The number of primary amides is 1. The molecule has 0 saturated heterocycles. The third kappa shape index (κ3) is 4.52. The zero-order chi connectivity index (χ0) is 17.8. The van der Waals surface area contributed by atoms with Crippen molar-refractivity contribution in [3.63, 3.8) is 0 Å². The third-order valence-electron chi connectivity index (χ3n) is 3.19. The fourth-order valence-electron chi connectivity index (χ4n) is 1.82. The quantitative estimate of drug-likeness (QED) is 0.690. The van der Waals surface area contributed by atoms with E-state index in [2.05, 4.69) is 15.9 Å². The van der Waals surface area contributed by atoms with E-state index in [-0.39, 0.29) is 10.5 Å². The molecule has 7 nitrogen and oxygen atoms in total. The van der Waals surface area contributed by atoms with Crippen LogP contribution in [-0.2, 0) is 19.6 Å². The van der Waals surface area contributed by atoms with Gasteiger partial charge in [-0.15, -0.1) is 0 Å². The molecule has 0 aliphatic heterocycles. The Morgan fingerprint density at radius 2 is 1.87 bits per heavy atom. The molecule has 1 aromatic carbocycles. The number of rotatable bonds is 7. The molecular formula is C14H19BrN2O5S. The van der Waals surface area contributed by atoms with Crippen molar-refractivity contribution < 1.29 is 22.7 Å². The lowest BCUT2D eigenvalue weighted by molar-refractivity contribution is -0.125. The van der Waals surface area contributed by atoms with E-state index in [1.807, 2.05) is 0 Å². The summed E-state index contributed by atoms with van der Waals surface area (Å²) in [6.45, 7) is 5.42. The number of ether oxygens (including phenoxy) is 1. The molecule has 128 valence electrons. The molecular weight excluding hydrogens is 388 g/mol. The lowest BCUT2D eigenvalue weighted by Crippen LogP contribution is -2.31. The predicted molar refractivity (Wildman–Crippen MR) is 88.3 cm³/mol. The van der Waals surface area contributed by atoms with Crippen molar-refractivity contribution in [1.82, 2.24) is 4.31 Å². The van der Waals surface area contributed by atoms with Gasteiger partial charge in [-0.25, -0.2) is 13.2 Å². The highest BCUT2D eigenvalue weighted by Crippen LogP contribution is 2.24. The summed E-state index contributed by atoms with van der Waals surface area (Å²) in [5.41, 5.74) is 5.05. The van der Waals surface area contributed by atoms with E-state index in [0.29, 0.717) is 17.6 Å². The topological polar surface area (TPSA) is 107 Å². The first-order chi connectivity index (χ1) is 10.6. The van der Waals surface area contributed by atoms with Crippen molar-refractivity contribution in [2.45, 2.75) is 31.8 Å². The second-order valence-corrected chi connectivity index (χ2v) is 7.47. The van der Waals surface area contributed by atoms with Crippen LogP contribution in [0.15, 0.2) is 27.6 Å². The average molecular weight is 407 g/mol. The van der Waals surface area contributed by atoms with Crippen molar-refractivity contribution in [1.29, 1.82) is 0 Å². The number of amides is 1. The molecule has 0 saturated carbocycles. The van der Waals surface area contributed by atoms with Gasteiger partial charge in [0.05, 0.1) is 10.5 Å². The van der Waals surface area contributed by atoms with Crippen LogP contribution in [-0.4, -0.2) is 43.8 Å². The van der Waals surface area contributed by atoms with E-state index in [1.165, 1.54) is 29.4 Å². The van der Waals surface area contributed by atoms with Gasteiger partial charge in [-0.3, -0.25) is 4.79 Å². The van der Waals surface area contributed by atoms with Crippen molar-refractivity contribution >= 4 is 37.8 Å². The maximum absolute atomic E-state index is 12.5. The molecule has 1 rings (SSSR count). The number of carbonyl (C=O) groups excluding carboxylic acids is 2. The standard InChI is InChI=1S/C14H19BrN2O5S/c1-4-17(5-2)23(20,21)10-6-7-12(15)11(8-10)14(19)22-9(3)13(16)18/h6-9H,4-5H2,1-3H3,(H2,16,18)/t9-/m1/s1. The molecule has 0 heterocycles. The van der Waals surface area contributed by atoms with E-state index >= 15 is 0 Å². The highest BCUT2D eigenvalue weighted by atomic mass is 79.9.